The summed E-state index contributed by atoms with van der Waals surface area (Å²) in [5.41, 5.74) is 0. The molecule has 0 atom stereocenters. The number of quaternary nitrogens is 1. The van der Waals surface area contributed by atoms with Crippen molar-refractivity contribution in [1.29, 1.82) is 0 Å². The molecule has 0 fully saturated rings. The topological polar surface area (TPSA) is 102 Å². The van der Waals surface area contributed by atoms with Gasteiger partial charge in [-0.15, -0.1) is 0 Å². The van der Waals surface area contributed by atoms with E-state index in [4.69, 9.17) is 24.4 Å². The van der Waals surface area contributed by atoms with Gasteiger partial charge in [0.1, 0.15) is 6.54 Å². The molecule has 0 aliphatic carbocycles. The Balaban J connectivity index is 3.28. The highest BCUT2D eigenvalue weighted by Crippen LogP contribution is 2.14. The molecule has 0 amide bonds. The molecular weight excluding hydrogens is 606 g/mol. The second kappa shape index (κ2) is 37.0. The van der Waals surface area contributed by atoms with Gasteiger partial charge >= 0.3 is 11.9 Å². The van der Waals surface area contributed by atoms with Gasteiger partial charge in [-0.25, -0.2) is 0 Å². The Labute approximate surface area is 296 Å². The molecule has 48 heavy (non-hydrogen) atoms. The van der Waals surface area contributed by atoms with Crippen LogP contribution in [-0.2, 0) is 23.8 Å². The molecule has 0 unspecified atom stereocenters. The lowest BCUT2D eigenvalue weighted by Gasteiger charge is -2.28. The number of ether oxygens (including phenoxy) is 3. The smallest absolute Gasteiger partial charge is 0.305 e. The van der Waals surface area contributed by atoms with Crippen LogP contribution in [0.15, 0.2) is 0 Å². The molecule has 0 saturated heterocycles. The van der Waals surface area contributed by atoms with Crippen molar-refractivity contribution in [1.82, 2.24) is 0 Å². The van der Waals surface area contributed by atoms with Gasteiger partial charge in [0.25, 0.3) is 0 Å². The van der Waals surface area contributed by atoms with E-state index >= 15 is 0 Å². The van der Waals surface area contributed by atoms with Gasteiger partial charge in [0, 0.05) is 19.4 Å². The van der Waals surface area contributed by atoms with Crippen LogP contribution in [0.5, 0.6) is 0 Å². The number of aliphatic hydroxyl groups is 2. The third kappa shape index (κ3) is 37.6. The van der Waals surface area contributed by atoms with Crippen molar-refractivity contribution in [3.05, 3.63) is 0 Å². The van der Waals surface area contributed by atoms with E-state index in [1.54, 1.807) is 0 Å². The fourth-order valence-electron chi connectivity index (χ4n) is 6.09. The second-order valence-corrected chi connectivity index (χ2v) is 14.6. The number of likely N-dealkylation sites (N-methyl/N-ethyl adjacent to an activating group) is 1. The Bertz CT molecular complexity index is 688. The first kappa shape index (κ1) is 46.8. The van der Waals surface area contributed by atoms with E-state index in [1.807, 2.05) is 0 Å². The van der Waals surface area contributed by atoms with Crippen LogP contribution in [0, 0.1) is 0 Å². The molecule has 0 heterocycles. The predicted octanol–water partition coefficient (Wildman–Crippen LogP) is 9.07. The van der Waals surface area contributed by atoms with Crippen LogP contribution in [0.1, 0.15) is 180 Å². The summed E-state index contributed by atoms with van der Waals surface area (Å²) in [4.78, 5) is 23.9. The summed E-state index contributed by atoms with van der Waals surface area (Å²) < 4.78 is 17.0. The van der Waals surface area contributed by atoms with Crippen LogP contribution >= 0.6 is 0 Å². The van der Waals surface area contributed by atoms with E-state index in [-0.39, 0.29) is 25.2 Å². The zero-order valence-electron chi connectivity index (χ0n) is 31.8. The third-order valence-electron chi connectivity index (χ3n) is 9.32. The molecule has 286 valence electrons. The first-order chi connectivity index (χ1) is 23.4. The van der Waals surface area contributed by atoms with Crippen LogP contribution in [0.3, 0.4) is 0 Å². The molecule has 0 rings (SSSR count). The maximum atomic E-state index is 12.0. The van der Waals surface area contributed by atoms with Crippen LogP contribution in [0.2, 0.25) is 0 Å². The summed E-state index contributed by atoms with van der Waals surface area (Å²) in [5, 5.41) is 17.8. The van der Waals surface area contributed by atoms with Crippen molar-refractivity contribution >= 4 is 11.9 Å². The predicted molar refractivity (Wildman–Crippen MR) is 198 cm³/mol. The maximum absolute atomic E-state index is 12.0. The molecule has 0 aromatic carbocycles. The SMILES string of the molecule is C[N+](C)(CCO)CCCCCCCCCCCOC(=O)CCCCCCCCCCC(=O)OCCCCCCCCCCCOCCO. The first-order valence-electron chi connectivity index (χ1n) is 20.3. The number of nitrogens with zero attached hydrogens (tertiary/aromatic N) is 1. The summed E-state index contributed by atoms with van der Waals surface area (Å²) >= 11 is 0. The fourth-order valence-corrected chi connectivity index (χ4v) is 6.09. The molecular formula is C40H80NO7+. The van der Waals surface area contributed by atoms with Gasteiger partial charge in [0.15, 0.2) is 0 Å². The van der Waals surface area contributed by atoms with Crippen molar-refractivity contribution in [3.63, 3.8) is 0 Å². The Morgan fingerprint density at radius 2 is 0.729 bits per heavy atom. The lowest BCUT2D eigenvalue weighted by atomic mass is 10.1. The molecule has 8 nitrogen and oxygen atoms in total. The Kier molecular flexibility index (Phi) is 36.1. The summed E-state index contributed by atoms with van der Waals surface area (Å²) in [6.07, 6.45) is 31.6. The number of hydrogen-bond donors (Lipinski definition) is 2. The number of carbonyl (C=O) groups is 2. The minimum absolute atomic E-state index is 0.0391. The Morgan fingerprint density at radius 1 is 0.396 bits per heavy atom. The quantitative estimate of drug-likeness (QED) is 0.0378. The van der Waals surface area contributed by atoms with Gasteiger partial charge in [-0.2, -0.15) is 0 Å². The molecule has 8 heteroatoms. The van der Waals surface area contributed by atoms with Gasteiger partial charge in [0.2, 0.25) is 0 Å². The normalized spacial score (nSPS) is 11.7. The molecule has 0 aliphatic heterocycles. The molecule has 2 N–H and O–H groups in total. The van der Waals surface area contributed by atoms with E-state index in [1.165, 1.54) is 96.3 Å². The first-order valence-corrected chi connectivity index (χ1v) is 20.3. The number of unbranched alkanes of at least 4 members (excludes halogenated alkanes) is 23. The molecule has 0 bridgehead atoms. The minimum atomic E-state index is -0.0441. The van der Waals surface area contributed by atoms with E-state index in [2.05, 4.69) is 14.1 Å². The lowest BCUT2D eigenvalue weighted by molar-refractivity contribution is -0.890. The van der Waals surface area contributed by atoms with Crippen molar-refractivity contribution in [2.75, 3.05) is 66.8 Å². The Hall–Kier alpha value is -1.22. The number of esters is 2. The zero-order valence-corrected chi connectivity index (χ0v) is 31.8. The van der Waals surface area contributed by atoms with Crippen LogP contribution in [-0.4, -0.2) is 93.5 Å². The molecule has 0 aromatic rings. The average molecular weight is 687 g/mol. The highest BCUT2D eigenvalue weighted by Gasteiger charge is 2.12. The van der Waals surface area contributed by atoms with E-state index < -0.39 is 0 Å². The van der Waals surface area contributed by atoms with Crippen molar-refractivity contribution in [2.24, 2.45) is 0 Å². The summed E-state index contributed by atoms with van der Waals surface area (Å²) in [6, 6.07) is 0. The number of hydrogen-bond acceptors (Lipinski definition) is 7. The fraction of sp³-hybridized carbons (Fsp3) is 0.950. The third-order valence-corrected chi connectivity index (χ3v) is 9.32. The van der Waals surface area contributed by atoms with Crippen LogP contribution < -0.4 is 0 Å². The standard InChI is InChI=1S/C40H80NO7/c1-41(2,32-33-42)31-25-19-13-7-3-9-15-21-27-36-47-39(44)29-23-17-11-5-6-12-18-24-30-40(45)48-37-28-22-16-10-4-8-14-20-26-35-46-38-34-43/h42-43H,3-38H2,1-2H3/q+1. The van der Waals surface area contributed by atoms with Gasteiger partial charge in [-0.05, 0) is 44.9 Å². The van der Waals surface area contributed by atoms with Gasteiger partial charge in [0.05, 0.1) is 53.7 Å². The summed E-state index contributed by atoms with van der Waals surface area (Å²) in [6.45, 7) is 4.72. The highest BCUT2D eigenvalue weighted by atomic mass is 16.5. The van der Waals surface area contributed by atoms with Gasteiger partial charge in [-0.3, -0.25) is 9.59 Å². The molecule has 0 saturated carbocycles. The van der Waals surface area contributed by atoms with Crippen LogP contribution in [0.25, 0.3) is 0 Å². The van der Waals surface area contributed by atoms with Crippen LogP contribution in [0.4, 0.5) is 0 Å². The van der Waals surface area contributed by atoms with E-state index in [0.717, 1.165) is 94.8 Å². The highest BCUT2D eigenvalue weighted by molar-refractivity contribution is 5.69. The van der Waals surface area contributed by atoms with Crippen molar-refractivity contribution in [3.8, 4) is 0 Å². The number of rotatable bonds is 39. The van der Waals surface area contributed by atoms with Gasteiger partial charge < -0.3 is 28.9 Å². The molecule has 0 aliphatic rings. The zero-order chi connectivity index (χ0) is 35.2. The molecule has 0 spiro atoms. The van der Waals surface area contributed by atoms with Crippen molar-refractivity contribution in [2.45, 2.75) is 180 Å². The minimum Gasteiger partial charge on any atom is -0.466 e. The number of aliphatic hydroxyl groups excluding tert-OH is 2. The van der Waals surface area contributed by atoms with E-state index in [0.29, 0.717) is 32.7 Å². The van der Waals surface area contributed by atoms with E-state index in [9.17, 15) is 9.59 Å². The maximum Gasteiger partial charge on any atom is 0.305 e. The number of carbonyl (C=O) groups excluding carboxylic acids is 2. The largest absolute Gasteiger partial charge is 0.466 e. The molecule has 0 radical (unpaired) electrons. The second-order valence-electron chi connectivity index (χ2n) is 14.6. The summed E-state index contributed by atoms with van der Waals surface area (Å²) in [5.74, 6) is -0.0832. The monoisotopic (exact) mass is 687 g/mol. The lowest BCUT2D eigenvalue weighted by Crippen LogP contribution is -2.42. The van der Waals surface area contributed by atoms with Crippen molar-refractivity contribution < 1.29 is 38.5 Å². The average Bonchev–Trinajstić information content (AvgIpc) is 3.06. The molecule has 0 aromatic heterocycles. The van der Waals surface area contributed by atoms with Gasteiger partial charge in [-0.1, -0.05) is 122 Å². The Morgan fingerprint density at radius 3 is 1.10 bits per heavy atom. The summed E-state index contributed by atoms with van der Waals surface area (Å²) in [7, 11) is 4.39.